The molecule has 0 bridgehead atoms. The highest BCUT2D eigenvalue weighted by Crippen LogP contribution is 2.25. The molecule has 0 spiro atoms. The summed E-state index contributed by atoms with van der Waals surface area (Å²) < 4.78 is 25.1. The number of aromatic nitrogens is 1. The van der Waals surface area contributed by atoms with Crippen LogP contribution in [0.3, 0.4) is 0 Å². The van der Waals surface area contributed by atoms with Crippen LogP contribution in [-0.2, 0) is 13.2 Å². The molecule has 0 fully saturated rings. The molecule has 1 rings (SSSR count). The third kappa shape index (κ3) is 2.26. The van der Waals surface area contributed by atoms with E-state index in [2.05, 4.69) is 4.98 Å². The van der Waals surface area contributed by atoms with Crippen LogP contribution in [-0.4, -0.2) is 10.1 Å². The molecular weight excluding hydrogens is 204 g/mol. The Morgan fingerprint density at radius 1 is 1.60 bits per heavy atom. The number of rotatable bonds is 3. The van der Waals surface area contributed by atoms with Gasteiger partial charge in [-0.3, -0.25) is 0 Å². The van der Waals surface area contributed by atoms with Gasteiger partial charge >= 0.3 is 0 Å². The minimum atomic E-state index is -2.73. The van der Waals surface area contributed by atoms with Crippen molar-refractivity contribution in [1.29, 1.82) is 5.26 Å². The zero-order valence-corrected chi connectivity index (χ0v) is 7.74. The van der Waals surface area contributed by atoms with Gasteiger partial charge in [0.05, 0.1) is 12.3 Å². The van der Waals surface area contributed by atoms with Crippen molar-refractivity contribution in [2.24, 2.45) is 5.73 Å². The van der Waals surface area contributed by atoms with Gasteiger partial charge in [-0.2, -0.15) is 5.26 Å². The molecule has 1 heterocycles. The first-order valence-corrected chi connectivity index (χ1v) is 4.15. The summed E-state index contributed by atoms with van der Waals surface area (Å²) in [5.74, 6) is 0. The van der Waals surface area contributed by atoms with Crippen molar-refractivity contribution in [3.8, 4) is 6.07 Å². The molecule has 0 unspecified atom stereocenters. The smallest absolute Gasteiger partial charge is 0.264 e. The minimum absolute atomic E-state index is 0.0341. The van der Waals surface area contributed by atoms with Crippen LogP contribution in [0.2, 0.25) is 0 Å². The van der Waals surface area contributed by atoms with E-state index in [0.29, 0.717) is 0 Å². The molecule has 0 aliphatic carbocycles. The first kappa shape index (κ1) is 11.5. The average Bonchev–Trinajstić information content (AvgIpc) is 2.26. The van der Waals surface area contributed by atoms with Crippen LogP contribution in [0.15, 0.2) is 6.07 Å². The Balaban J connectivity index is 3.40. The SMILES string of the molecule is N#Cc1cc(C(F)F)c(CN)c(CO)n1. The molecule has 0 atom stereocenters. The van der Waals surface area contributed by atoms with Crippen molar-refractivity contribution in [1.82, 2.24) is 4.98 Å². The number of aliphatic hydroxyl groups is 1. The third-order valence-corrected chi connectivity index (χ3v) is 1.95. The fraction of sp³-hybridized carbons (Fsp3) is 0.333. The molecule has 0 radical (unpaired) electrons. The maximum absolute atomic E-state index is 12.6. The van der Waals surface area contributed by atoms with E-state index < -0.39 is 13.0 Å². The van der Waals surface area contributed by atoms with E-state index in [1.54, 1.807) is 6.07 Å². The lowest BCUT2D eigenvalue weighted by atomic mass is 10.1. The van der Waals surface area contributed by atoms with Crippen LogP contribution >= 0.6 is 0 Å². The Morgan fingerprint density at radius 3 is 2.67 bits per heavy atom. The summed E-state index contributed by atoms with van der Waals surface area (Å²) in [7, 11) is 0. The fourth-order valence-corrected chi connectivity index (χ4v) is 1.26. The van der Waals surface area contributed by atoms with Gasteiger partial charge in [-0.25, -0.2) is 13.8 Å². The molecule has 6 heteroatoms. The van der Waals surface area contributed by atoms with Gasteiger partial charge in [0.25, 0.3) is 6.43 Å². The van der Waals surface area contributed by atoms with Crippen molar-refractivity contribution >= 4 is 0 Å². The largest absolute Gasteiger partial charge is 0.390 e. The molecule has 0 saturated carbocycles. The predicted molar refractivity (Wildman–Crippen MR) is 47.7 cm³/mol. The van der Waals surface area contributed by atoms with Crippen LogP contribution in [0.25, 0.3) is 0 Å². The maximum atomic E-state index is 12.6. The summed E-state index contributed by atoms with van der Waals surface area (Å²) in [6, 6.07) is 2.64. The van der Waals surface area contributed by atoms with Crippen LogP contribution in [0.4, 0.5) is 8.78 Å². The predicted octanol–water partition coefficient (Wildman–Crippen LogP) is 0.842. The molecule has 0 aliphatic rings. The van der Waals surface area contributed by atoms with E-state index in [-0.39, 0.29) is 29.1 Å². The van der Waals surface area contributed by atoms with Gasteiger partial charge in [0, 0.05) is 12.1 Å². The van der Waals surface area contributed by atoms with Crippen molar-refractivity contribution in [3.63, 3.8) is 0 Å². The van der Waals surface area contributed by atoms with Crippen LogP contribution in [0.1, 0.15) is 28.9 Å². The molecule has 80 valence electrons. The lowest BCUT2D eigenvalue weighted by Gasteiger charge is -2.10. The molecule has 15 heavy (non-hydrogen) atoms. The molecule has 1 aromatic heterocycles. The van der Waals surface area contributed by atoms with Crippen LogP contribution < -0.4 is 5.73 Å². The number of nitrogens with zero attached hydrogens (tertiary/aromatic N) is 2. The molecule has 3 N–H and O–H groups in total. The Morgan fingerprint density at radius 2 is 2.27 bits per heavy atom. The van der Waals surface area contributed by atoms with Gasteiger partial charge in [-0.1, -0.05) is 0 Å². The summed E-state index contributed by atoms with van der Waals surface area (Å²) in [6.45, 7) is -0.657. The van der Waals surface area contributed by atoms with Gasteiger partial charge in [0.1, 0.15) is 11.8 Å². The highest BCUT2D eigenvalue weighted by atomic mass is 19.3. The Labute approximate surface area is 85.0 Å². The zero-order chi connectivity index (χ0) is 11.4. The maximum Gasteiger partial charge on any atom is 0.264 e. The minimum Gasteiger partial charge on any atom is -0.390 e. The first-order chi connectivity index (χ1) is 7.13. The lowest BCUT2D eigenvalue weighted by Crippen LogP contribution is -2.10. The first-order valence-electron chi connectivity index (χ1n) is 4.15. The van der Waals surface area contributed by atoms with Gasteiger partial charge < -0.3 is 10.8 Å². The van der Waals surface area contributed by atoms with Gasteiger partial charge in [0.15, 0.2) is 0 Å². The van der Waals surface area contributed by atoms with E-state index in [1.807, 2.05) is 0 Å². The average molecular weight is 213 g/mol. The number of halogens is 2. The molecule has 0 amide bonds. The standard InChI is InChI=1S/C9H9F2N3O/c10-9(11)6-1-5(2-12)14-8(4-15)7(6)3-13/h1,9,15H,3-4,13H2. The van der Waals surface area contributed by atoms with E-state index in [9.17, 15) is 8.78 Å². The lowest BCUT2D eigenvalue weighted by molar-refractivity contribution is 0.149. The van der Waals surface area contributed by atoms with Crippen LogP contribution in [0, 0.1) is 11.3 Å². The molecule has 0 aromatic carbocycles. The second kappa shape index (κ2) is 4.77. The second-order valence-electron chi connectivity index (χ2n) is 2.80. The topological polar surface area (TPSA) is 82.9 Å². The normalized spacial score (nSPS) is 10.4. The molecule has 1 aromatic rings. The number of alkyl halides is 2. The van der Waals surface area contributed by atoms with E-state index >= 15 is 0 Å². The van der Waals surface area contributed by atoms with Crippen molar-refractivity contribution in [2.75, 3.05) is 0 Å². The highest BCUT2D eigenvalue weighted by Gasteiger charge is 2.17. The summed E-state index contributed by atoms with van der Waals surface area (Å²) in [4.78, 5) is 3.70. The number of hydrogen-bond donors (Lipinski definition) is 2. The van der Waals surface area contributed by atoms with Crippen molar-refractivity contribution in [2.45, 2.75) is 19.6 Å². The Bertz CT molecular complexity index is 401. The number of hydrogen-bond acceptors (Lipinski definition) is 4. The number of nitrogens with two attached hydrogens (primary N) is 1. The number of aliphatic hydroxyl groups excluding tert-OH is 1. The molecule has 0 aliphatic heterocycles. The Kier molecular flexibility index (Phi) is 3.66. The van der Waals surface area contributed by atoms with Gasteiger partial charge in [-0.15, -0.1) is 0 Å². The molecular formula is C9H9F2N3O. The summed E-state index contributed by atoms with van der Waals surface area (Å²) in [5, 5.41) is 17.5. The van der Waals surface area contributed by atoms with Gasteiger partial charge in [0.2, 0.25) is 0 Å². The van der Waals surface area contributed by atoms with E-state index in [1.165, 1.54) is 0 Å². The van der Waals surface area contributed by atoms with Crippen LogP contribution in [0.5, 0.6) is 0 Å². The van der Waals surface area contributed by atoms with E-state index in [0.717, 1.165) is 6.07 Å². The fourth-order valence-electron chi connectivity index (χ4n) is 1.26. The monoisotopic (exact) mass is 213 g/mol. The van der Waals surface area contributed by atoms with E-state index in [4.69, 9.17) is 16.1 Å². The van der Waals surface area contributed by atoms with Crippen molar-refractivity contribution < 1.29 is 13.9 Å². The Hall–Kier alpha value is -1.58. The quantitative estimate of drug-likeness (QED) is 0.779. The second-order valence-corrected chi connectivity index (χ2v) is 2.80. The summed E-state index contributed by atoms with van der Waals surface area (Å²) in [6.07, 6.45) is -2.73. The van der Waals surface area contributed by atoms with Crippen molar-refractivity contribution in [3.05, 3.63) is 28.6 Å². The zero-order valence-electron chi connectivity index (χ0n) is 7.74. The molecule has 0 saturated heterocycles. The van der Waals surface area contributed by atoms with Gasteiger partial charge in [-0.05, 0) is 11.6 Å². The summed E-state index contributed by atoms with van der Waals surface area (Å²) in [5.41, 5.74) is 4.94. The summed E-state index contributed by atoms with van der Waals surface area (Å²) >= 11 is 0. The highest BCUT2D eigenvalue weighted by molar-refractivity contribution is 5.37. The number of nitriles is 1. The third-order valence-electron chi connectivity index (χ3n) is 1.95. The molecule has 4 nitrogen and oxygen atoms in total. The number of pyridine rings is 1.